The predicted octanol–water partition coefficient (Wildman–Crippen LogP) is 8.60. The molecule has 2 aromatic carbocycles. The number of allylic oxidation sites excluding steroid dienone is 6. The van der Waals surface area contributed by atoms with Gasteiger partial charge >= 0.3 is 0 Å². The van der Waals surface area contributed by atoms with E-state index in [4.69, 9.17) is 4.98 Å². The van der Waals surface area contributed by atoms with E-state index in [1.807, 2.05) is 24.4 Å². The van der Waals surface area contributed by atoms with E-state index in [1.54, 1.807) is 0 Å². The standard InChI is InChI=1S/C36H31N3/c1-3-4-16-33-25(2)29-14-8-10-17-34(29)38(33)27-19-21-28(22-20-27)39-35-18-11-9-15-30(35)31-23-32(37-24-36(31)39)26-12-6-5-7-13-26/h3-8,10-14,16-24,29,34H,1,9,15H2,2H3/b16-4-. The van der Waals surface area contributed by atoms with Crippen LogP contribution in [0.3, 0.4) is 0 Å². The molecule has 3 nitrogen and oxygen atoms in total. The zero-order valence-electron chi connectivity index (χ0n) is 22.2. The molecule has 0 saturated heterocycles. The van der Waals surface area contributed by atoms with Crippen molar-refractivity contribution < 1.29 is 0 Å². The zero-order valence-corrected chi connectivity index (χ0v) is 22.2. The van der Waals surface area contributed by atoms with E-state index in [9.17, 15) is 0 Å². The topological polar surface area (TPSA) is 21.1 Å². The van der Waals surface area contributed by atoms with Crippen LogP contribution < -0.4 is 4.90 Å². The Bertz CT molecular complexity index is 1730. The molecule has 1 aliphatic heterocycles. The van der Waals surface area contributed by atoms with Crippen LogP contribution in [0.1, 0.15) is 24.6 Å². The van der Waals surface area contributed by atoms with Gasteiger partial charge in [0.05, 0.1) is 23.4 Å². The summed E-state index contributed by atoms with van der Waals surface area (Å²) in [6.07, 6.45) is 23.8. The lowest BCUT2D eigenvalue weighted by molar-refractivity contribution is 0.677. The average molecular weight is 506 g/mol. The number of pyridine rings is 1. The van der Waals surface area contributed by atoms with Crippen LogP contribution in [0.4, 0.5) is 5.69 Å². The van der Waals surface area contributed by atoms with Crippen molar-refractivity contribution in [1.82, 2.24) is 9.55 Å². The Kier molecular flexibility index (Phi) is 5.78. The number of rotatable bonds is 5. The first-order valence-electron chi connectivity index (χ1n) is 13.7. The molecule has 3 aliphatic rings. The summed E-state index contributed by atoms with van der Waals surface area (Å²) in [6.45, 7) is 6.14. The second-order valence-electron chi connectivity index (χ2n) is 10.4. The fourth-order valence-electron chi connectivity index (χ4n) is 6.38. The highest BCUT2D eigenvalue weighted by Gasteiger charge is 2.36. The van der Waals surface area contributed by atoms with Crippen LogP contribution in [0.2, 0.25) is 0 Å². The molecular formula is C36H31N3. The van der Waals surface area contributed by atoms with Crippen molar-refractivity contribution in [2.45, 2.75) is 25.8 Å². The Hall–Kier alpha value is -4.63. The van der Waals surface area contributed by atoms with E-state index in [2.05, 4.69) is 120 Å². The minimum atomic E-state index is 0.286. The second kappa shape index (κ2) is 9.59. The molecule has 4 aromatic rings. The van der Waals surface area contributed by atoms with E-state index in [-0.39, 0.29) is 6.04 Å². The summed E-state index contributed by atoms with van der Waals surface area (Å²) in [7, 11) is 0. The van der Waals surface area contributed by atoms with Gasteiger partial charge in [-0.2, -0.15) is 0 Å². The maximum Gasteiger partial charge on any atom is 0.0721 e. The number of hydrogen-bond acceptors (Lipinski definition) is 2. The quantitative estimate of drug-likeness (QED) is 0.253. The van der Waals surface area contributed by atoms with Crippen molar-refractivity contribution in [3.05, 3.63) is 145 Å². The highest BCUT2D eigenvalue weighted by molar-refractivity contribution is 5.92. The van der Waals surface area contributed by atoms with Crippen LogP contribution in [0.25, 0.3) is 33.9 Å². The van der Waals surface area contributed by atoms with Gasteiger partial charge in [-0.15, -0.1) is 0 Å². The fourth-order valence-corrected chi connectivity index (χ4v) is 6.38. The summed E-state index contributed by atoms with van der Waals surface area (Å²) in [4.78, 5) is 7.35. The summed E-state index contributed by atoms with van der Waals surface area (Å²) in [5.41, 5.74) is 11.0. The highest BCUT2D eigenvalue weighted by atomic mass is 15.2. The molecule has 190 valence electrons. The maximum atomic E-state index is 4.89. The first-order valence-corrected chi connectivity index (χ1v) is 13.7. The van der Waals surface area contributed by atoms with E-state index in [0.717, 1.165) is 35.3 Å². The molecule has 2 aliphatic carbocycles. The number of nitrogens with zero attached hydrogens (tertiary/aromatic N) is 3. The van der Waals surface area contributed by atoms with E-state index < -0.39 is 0 Å². The maximum absolute atomic E-state index is 4.89. The molecule has 2 unspecified atom stereocenters. The van der Waals surface area contributed by atoms with Crippen LogP contribution >= 0.6 is 0 Å². The van der Waals surface area contributed by atoms with Crippen LogP contribution in [0.15, 0.2) is 133 Å². The largest absolute Gasteiger partial charge is 0.334 e. The Balaban J connectivity index is 1.32. The van der Waals surface area contributed by atoms with Crippen molar-refractivity contribution in [2.75, 3.05) is 4.90 Å². The third-order valence-corrected chi connectivity index (χ3v) is 8.25. The summed E-state index contributed by atoms with van der Waals surface area (Å²) in [5, 5.41) is 1.30. The summed E-state index contributed by atoms with van der Waals surface area (Å²) in [6, 6.07) is 22.0. The lowest BCUT2D eigenvalue weighted by Gasteiger charge is -2.30. The number of aromatic nitrogens is 2. The Morgan fingerprint density at radius 2 is 1.77 bits per heavy atom. The fraction of sp³-hybridized carbons (Fsp3) is 0.139. The molecule has 0 amide bonds. The van der Waals surface area contributed by atoms with Gasteiger partial charge in [-0.3, -0.25) is 4.98 Å². The minimum Gasteiger partial charge on any atom is -0.334 e. The normalized spacial score (nSPS) is 19.8. The van der Waals surface area contributed by atoms with Crippen LogP contribution in [0.5, 0.6) is 0 Å². The highest BCUT2D eigenvalue weighted by Crippen LogP contribution is 2.42. The number of anilines is 1. The van der Waals surface area contributed by atoms with Gasteiger partial charge in [0.1, 0.15) is 0 Å². The summed E-state index contributed by atoms with van der Waals surface area (Å²) < 4.78 is 2.38. The number of benzene rings is 2. The molecule has 0 saturated carbocycles. The van der Waals surface area contributed by atoms with E-state index >= 15 is 0 Å². The van der Waals surface area contributed by atoms with E-state index in [0.29, 0.717) is 5.92 Å². The Labute approximate surface area is 230 Å². The molecule has 3 heterocycles. The molecule has 3 heteroatoms. The average Bonchev–Trinajstić information content (AvgIpc) is 3.48. The Morgan fingerprint density at radius 1 is 0.974 bits per heavy atom. The summed E-state index contributed by atoms with van der Waals surface area (Å²) >= 11 is 0. The molecule has 2 aromatic heterocycles. The van der Waals surface area contributed by atoms with Gasteiger partial charge in [0.15, 0.2) is 0 Å². The zero-order chi connectivity index (χ0) is 26.3. The molecule has 7 rings (SSSR count). The molecule has 0 radical (unpaired) electrons. The Morgan fingerprint density at radius 3 is 2.59 bits per heavy atom. The molecular weight excluding hydrogens is 474 g/mol. The molecule has 2 atom stereocenters. The number of fused-ring (bicyclic) bond motifs is 4. The van der Waals surface area contributed by atoms with Crippen molar-refractivity contribution in [3.63, 3.8) is 0 Å². The van der Waals surface area contributed by atoms with Crippen molar-refractivity contribution >= 4 is 22.7 Å². The van der Waals surface area contributed by atoms with Crippen LogP contribution in [0, 0.1) is 5.92 Å². The van der Waals surface area contributed by atoms with Gasteiger partial charge in [0.25, 0.3) is 0 Å². The van der Waals surface area contributed by atoms with Crippen LogP contribution in [-0.4, -0.2) is 15.6 Å². The minimum absolute atomic E-state index is 0.286. The lowest BCUT2D eigenvalue weighted by atomic mass is 9.91. The van der Waals surface area contributed by atoms with Gasteiger partial charge in [0.2, 0.25) is 0 Å². The van der Waals surface area contributed by atoms with Gasteiger partial charge in [-0.25, -0.2) is 0 Å². The second-order valence-corrected chi connectivity index (χ2v) is 10.4. The molecule has 0 fully saturated rings. The third kappa shape index (κ3) is 3.85. The van der Waals surface area contributed by atoms with Gasteiger partial charge in [-0.1, -0.05) is 79.4 Å². The number of hydrogen-bond donors (Lipinski definition) is 0. The first-order chi connectivity index (χ1) is 19.2. The van der Waals surface area contributed by atoms with Crippen molar-refractivity contribution in [2.24, 2.45) is 5.92 Å². The number of aryl methyl sites for hydroxylation is 1. The third-order valence-electron chi connectivity index (χ3n) is 8.25. The molecule has 0 bridgehead atoms. The van der Waals surface area contributed by atoms with Crippen molar-refractivity contribution in [3.8, 4) is 16.9 Å². The smallest absolute Gasteiger partial charge is 0.0721 e. The summed E-state index contributed by atoms with van der Waals surface area (Å²) in [5.74, 6) is 0.384. The SMILES string of the molecule is C=C/C=C\C1=C(C)C2C=CC=CC2N1c1ccc(-n2c3c(c4cc(-c5ccccc5)ncc42)CCC=C3)cc1. The predicted molar refractivity (Wildman–Crippen MR) is 164 cm³/mol. The van der Waals surface area contributed by atoms with Gasteiger partial charge < -0.3 is 9.47 Å². The van der Waals surface area contributed by atoms with Crippen LogP contribution in [-0.2, 0) is 6.42 Å². The van der Waals surface area contributed by atoms with Gasteiger partial charge in [-0.05, 0) is 73.4 Å². The lowest BCUT2D eigenvalue weighted by Crippen LogP contribution is -2.32. The van der Waals surface area contributed by atoms with Gasteiger partial charge in [0, 0.05) is 39.6 Å². The van der Waals surface area contributed by atoms with E-state index in [1.165, 1.54) is 33.6 Å². The molecule has 0 N–H and O–H groups in total. The molecule has 0 spiro atoms. The first kappa shape index (κ1) is 23.5. The molecule has 39 heavy (non-hydrogen) atoms. The van der Waals surface area contributed by atoms with Crippen molar-refractivity contribution in [1.29, 1.82) is 0 Å². The monoisotopic (exact) mass is 505 g/mol.